The van der Waals surface area contributed by atoms with Crippen LogP contribution in [0, 0.1) is 0 Å². The lowest BCUT2D eigenvalue weighted by atomic mass is 10.1. The molecule has 0 fully saturated rings. The molecule has 2 rings (SSSR count). The number of nitrogens with zero attached hydrogens (tertiary/aromatic N) is 2. The van der Waals surface area contributed by atoms with Crippen LogP contribution in [0.2, 0.25) is 0 Å². The third-order valence-corrected chi connectivity index (χ3v) is 3.03. The van der Waals surface area contributed by atoms with Gasteiger partial charge in [0.1, 0.15) is 11.4 Å². The predicted molar refractivity (Wildman–Crippen MR) is 82.7 cm³/mol. The van der Waals surface area contributed by atoms with Gasteiger partial charge < -0.3 is 10.5 Å². The number of rotatable bonds is 6. The Bertz CT molecular complexity index is 543. The fourth-order valence-electron chi connectivity index (χ4n) is 2.06. The standard InChI is InChI=1S/C16H23N3O/c1-4-5-10-19-11-15(17)16(18-19)13-6-8-14(9-7-13)20-12(2)3/h6-9,11-12H,4-5,10,17H2,1-3H3. The van der Waals surface area contributed by atoms with Gasteiger partial charge in [-0.2, -0.15) is 5.10 Å². The maximum atomic E-state index is 6.05. The van der Waals surface area contributed by atoms with Crippen molar-refractivity contribution < 1.29 is 4.74 Å². The summed E-state index contributed by atoms with van der Waals surface area (Å²) in [6.07, 6.45) is 4.35. The summed E-state index contributed by atoms with van der Waals surface area (Å²) < 4.78 is 7.56. The van der Waals surface area contributed by atoms with E-state index in [0.29, 0.717) is 0 Å². The lowest BCUT2D eigenvalue weighted by Crippen LogP contribution is -2.05. The average molecular weight is 273 g/mol. The van der Waals surface area contributed by atoms with E-state index in [4.69, 9.17) is 10.5 Å². The second-order valence-electron chi connectivity index (χ2n) is 5.24. The Labute approximate surface area is 120 Å². The molecule has 108 valence electrons. The maximum Gasteiger partial charge on any atom is 0.119 e. The molecule has 4 heteroatoms. The number of aromatic nitrogens is 2. The third-order valence-electron chi connectivity index (χ3n) is 3.03. The van der Waals surface area contributed by atoms with Crippen molar-refractivity contribution in [3.8, 4) is 17.0 Å². The summed E-state index contributed by atoms with van der Waals surface area (Å²) in [6, 6.07) is 7.92. The summed E-state index contributed by atoms with van der Waals surface area (Å²) in [5, 5.41) is 4.56. The molecule has 4 nitrogen and oxygen atoms in total. The Kier molecular flexibility index (Phi) is 4.66. The molecule has 1 heterocycles. The maximum absolute atomic E-state index is 6.05. The predicted octanol–water partition coefficient (Wildman–Crippen LogP) is 3.72. The van der Waals surface area contributed by atoms with E-state index in [2.05, 4.69) is 12.0 Å². The quantitative estimate of drug-likeness (QED) is 0.872. The molecule has 0 unspecified atom stereocenters. The van der Waals surface area contributed by atoms with Crippen LogP contribution >= 0.6 is 0 Å². The topological polar surface area (TPSA) is 53.1 Å². The second-order valence-corrected chi connectivity index (χ2v) is 5.24. The Balaban J connectivity index is 2.16. The minimum Gasteiger partial charge on any atom is -0.491 e. The van der Waals surface area contributed by atoms with Gasteiger partial charge in [-0.3, -0.25) is 4.68 Å². The number of nitrogen functional groups attached to an aromatic ring is 1. The highest BCUT2D eigenvalue weighted by atomic mass is 16.5. The highest BCUT2D eigenvalue weighted by Gasteiger charge is 2.09. The number of aryl methyl sites for hydroxylation is 1. The molecular weight excluding hydrogens is 250 g/mol. The molecule has 20 heavy (non-hydrogen) atoms. The SMILES string of the molecule is CCCCn1cc(N)c(-c2ccc(OC(C)C)cc2)n1. The van der Waals surface area contributed by atoms with Gasteiger partial charge in [0.15, 0.2) is 0 Å². The summed E-state index contributed by atoms with van der Waals surface area (Å²) >= 11 is 0. The molecule has 0 aliphatic carbocycles. The molecule has 0 saturated heterocycles. The summed E-state index contributed by atoms with van der Waals surface area (Å²) in [5.74, 6) is 0.868. The summed E-state index contributed by atoms with van der Waals surface area (Å²) in [5.41, 5.74) is 8.64. The zero-order chi connectivity index (χ0) is 14.5. The van der Waals surface area contributed by atoms with Crippen molar-refractivity contribution in [2.75, 3.05) is 5.73 Å². The van der Waals surface area contributed by atoms with E-state index < -0.39 is 0 Å². The molecule has 0 spiro atoms. The van der Waals surface area contributed by atoms with Gasteiger partial charge in [0, 0.05) is 18.3 Å². The van der Waals surface area contributed by atoms with Gasteiger partial charge >= 0.3 is 0 Å². The van der Waals surface area contributed by atoms with Gasteiger partial charge in [0.2, 0.25) is 0 Å². The molecule has 2 aromatic rings. The Morgan fingerprint density at radius 2 is 1.95 bits per heavy atom. The molecule has 1 aromatic carbocycles. The van der Waals surface area contributed by atoms with E-state index in [1.54, 1.807) is 0 Å². The molecule has 0 amide bonds. The molecular formula is C16H23N3O. The van der Waals surface area contributed by atoms with Gasteiger partial charge in [-0.25, -0.2) is 0 Å². The first-order chi connectivity index (χ1) is 9.60. The molecule has 0 radical (unpaired) electrons. The van der Waals surface area contributed by atoms with Gasteiger partial charge in [-0.15, -0.1) is 0 Å². The first-order valence-electron chi connectivity index (χ1n) is 7.20. The number of hydrogen-bond donors (Lipinski definition) is 1. The summed E-state index contributed by atoms with van der Waals surface area (Å²) in [7, 11) is 0. The fourth-order valence-corrected chi connectivity index (χ4v) is 2.06. The van der Waals surface area contributed by atoms with Crippen molar-refractivity contribution in [3.63, 3.8) is 0 Å². The molecule has 0 aliphatic rings. The molecule has 0 saturated carbocycles. The highest BCUT2D eigenvalue weighted by molar-refractivity contribution is 5.72. The van der Waals surface area contributed by atoms with Crippen LogP contribution in [-0.2, 0) is 6.54 Å². The number of unbranched alkanes of at least 4 members (excludes halogenated alkanes) is 1. The van der Waals surface area contributed by atoms with Crippen molar-refractivity contribution in [3.05, 3.63) is 30.5 Å². The average Bonchev–Trinajstić information content (AvgIpc) is 2.78. The van der Waals surface area contributed by atoms with E-state index in [1.165, 1.54) is 0 Å². The lowest BCUT2D eigenvalue weighted by Gasteiger charge is -2.09. The van der Waals surface area contributed by atoms with Gasteiger partial charge in [-0.05, 0) is 44.5 Å². The Morgan fingerprint density at radius 1 is 1.25 bits per heavy atom. The third kappa shape index (κ3) is 3.53. The van der Waals surface area contributed by atoms with Crippen LogP contribution in [0.15, 0.2) is 30.5 Å². The van der Waals surface area contributed by atoms with E-state index in [9.17, 15) is 0 Å². The number of benzene rings is 1. The van der Waals surface area contributed by atoms with Crippen molar-refractivity contribution in [2.24, 2.45) is 0 Å². The van der Waals surface area contributed by atoms with Crippen LogP contribution in [0.4, 0.5) is 5.69 Å². The number of hydrogen-bond acceptors (Lipinski definition) is 3. The van der Waals surface area contributed by atoms with Crippen molar-refractivity contribution >= 4 is 5.69 Å². The number of nitrogens with two attached hydrogens (primary N) is 1. The molecule has 2 N–H and O–H groups in total. The summed E-state index contributed by atoms with van der Waals surface area (Å²) in [6.45, 7) is 7.11. The van der Waals surface area contributed by atoms with E-state index >= 15 is 0 Å². The van der Waals surface area contributed by atoms with Gasteiger partial charge in [0.25, 0.3) is 0 Å². The van der Waals surface area contributed by atoms with Crippen LogP contribution in [0.3, 0.4) is 0 Å². The van der Waals surface area contributed by atoms with Crippen molar-refractivity contribution in [1.29, 1.82) is 0 Å². The van der Waals surface area contributed by atoms with Crippen LogP contribution in [0.25, 0.3) is 11.3 Å². The van der Waals surface area contributed by atoms with Gasteiger partial charge in [-0.1, -0.05) is 13.3 Å². The van der Waals surface area contributed by atoms with Crippen molar-refractivity contribution in [2.45, 2.75) is 46.3 Å². The molecule has 0 atom stereocenters. The van der Waals surface area contributed by atoms with E-state index in [1.807, 2.05) is 49.0 Å². The van der Waals surface area contributed by atoms with E-state index in [-0.39, 0.29) is 6.10 Å². The molecule has 0 bridgehead atoms. The van der Waals surface area contributed by atoms with Crippen molar-refractivity contribution in [1.82, 2.24) is 9.78 Å². The number of ether oxygens (including phenoxy) is 1. The largest absolute Gasteiger partial charge is 0.491 e. The first kappa shape index (κ1) is 14.4. The Morgan fingerprint density at radius 3 is 2.55 bits per heavy atom. The van der Waals surface area contributed by atoms with Gasteiger partial charge in [0.05, 0.1) is 11.8 Å². The minimum atomic E-state index is 0.180. The minimum absolute atomic E-state index is 0.180. The lowest BCUT2D eigenvalue weighted by molar-refractivity contribution is 0.242. The molecule has 1 aromatic heterocycles. The smallest absolute Gasteiger partial charge is 0.119 e. The monoisotopic (exact) mass is 273 g/mol. The Hall–Kier alpha value is -1.97. The second kappa shape index (κ2) is 6.46. The van der Waals surface area contributed by atoms with E-state index in [0.717, 1.165) is 42.1 Å². The van der Waals surface area contributed by atoms with Crippen LogP contribution in [0.5, 0.6) is 5.75 Å². The zero-order valence-corrected chi connectivity index (χ0v) is 12.5. The normalized spacial score (nSPS) is 11.0. The highest BCUT2D eigenvalue weighted by Crippen LogP contribution is 2.26. The van der Waals surface area contributed by atoms with Crippen LogP contribution in [-0.4, -0.2) is 15.9 Å². The van der Waals surface area contributed by atoms with Crippen LogP contribution in [0.1, 0.15) is 33.6 Å². The first-order valence-corrected chi connectivity index (χ1v) is 7.20. The number of anilines is 1. The zero-order valence-electron chi connectivity index (χ0n) is 12.5. The van der Waals surface area contributed by atoms with Crippen LogP contribution < -0.4 is 10.5 Å². The fraction of sp³-hybridized carbons (Fsp3) is 0.438. The molecule has 0 aliphatic heterocycles. The summed E-state index contributed by atoms with van der Waals surface area (Å²) in [4.78, 5) is 0.